The maximum Gasteiger partial charge on any atom is 0.265 e. The number of carbonyl (C=O) groups is 2. The van der Waals surface area contributed by atoms with Crippen molar-refractivity contribution < 1.29 is 38.6 Å². The number of Topliss-reactive ketones (excluding diaryl/α,β-unsaturated/α-hetero) is 2. The molecule has 0 aliphatic heterocycles. The van der Waals surface area contributed by atoms with Crippen LogP contribution in [-0.2, 0) is 11.2 Å². The van der Waals surface area contributed by atoms with Crippen molar-refractivity contribution in [1.82, 2.24) is 10.1 Å². The number of aliphatic hydroxyl groups is 2. The molecule has 0 amide bonds. The molecule has 1 heterocycles. The highest BCUT2D eigenvalue weighted by molar-refractivity contribution is 6.26. The average Bonchev–Trinajstić information content (AvgIpc) is 3.26. The predicted octanol–water partition coefficient (Wildman–Crippen LogP) is 3.00. The van der Waals surface area contributed by atoms with E-state index < -0.39 is 52.4 Å². The molecule has 4 atom stereocenters. The van der Waals surface area contributed by atoms with E-state index in [9.17, 15) is 24.9 Å². The Morgan fingerprint density at radius 3 is 2.65 bits per heavy atom. The van der Waals surface area contributed by atoms with Crippen LogP contribution in [0.3, 0.4) is 0 Å². The third kappa shape index (κ3) is 3.40. The van der Waals surface area contributed by atoms with Crippen molar-refractivity contribution in [2.75, 3.05) is 33.1 Å². The quantitative estimate of drug-likeness (QED) is 0.257. The van der Waals surface area contributed by atoms with E-state index in [0.717, 1.165) is 12.5 Å². The molecule has 0 saturated heterocycles. The number of hydrogen-bond donors (Lipinski definition) is 4. The molecule has 10 nitrogen and oxygen atoms in total. The molecule has 1 aromatic carbocycles. The zero-order valence-corrected chi connectivity index (χ0v) is 21.1. The van der Waals surface area contributed by atoms with Crippen molar-refractivity contribution in [2.45, 2.75) is 44.2 Å². The molecule has 3 aliphatic carbocycles. The fourth-order valence-corrected chi connectivity index (χ4v) is 6.05. The number of unbranched alkanes of at least 4 members (excludes halogenated alkanes) is 1. The number of aromatic nitrogens is 1. The standard InChI is InChI=1S/C26H30FN3O7/c1-5-6-7-36-25-18-22(37-29-25)19(30(3)4)13-9-11-8-12-14(27)10-15(28-2)20(31)17(12)21(32)16(11)23(33)26(13,35)24(18)34/h10-11,13,19,28,31-32,35H,5-9H2,1-4H3/t11-,13-,19-,26-/m0/s1. The number of anilines is 1. The molecule has 2 aromatic rings. The number of phenols is 1. The van der Waals surface area contributed by atoms with Gasteiger partial charge >= 0.3 is 0 Å². The summed E-state index contributed by atoms with van der Waals surface area (Å²) in [6.07, 6.45) is 1.63. The number of aromatic hydroxyl groups is 1. The lowest BCUT2D eigenvalue weighted by atomic mass is 9.57. The minimum absolute atomic E-state index is 0.000581. The number of nitrogens with zero attached hydrogens (tertiary/aromatic N) is 2. The van der Waals surface area contributed by atoms with Gasteiger partial charge in [-0.1, -0.05) is 13.3 Å². The molecule has 0 radical (unpaired) electrons. The lowest BCUT2D eigenvalue weighted by molar-refractivity contribution is -0.142. The van der Waals surface area contributed by atoms with Gasteiger partial charge in [-0.25, -0.2) is 4.39 Å². The van der Waals surface area contributed by atoms with Crippen LogP contribution in [-0.4, -0.2) is 70.3 Å². The second kappa shape index (κ2) is 8.84. The molecule has 1 saturated carbocycles. The number of aliphatic hydroxyl groups excluding tert-OH is 1. The molecule has 3 aliphatic rings. The second-order valence-electron chi connectivity index (χ2n) is 10.1. The highest BCUT2D eigenvalue weighted by Gasteiger charge is 2.65. The van der Waals surface area contributed by atoms with E-state index in [1.165, 1.54) is 7.05 Å². The van der Waals surface area contributed by atoms with E-state index in [2.05, 4.69) is 10.5 Å². The highest BCUT2D eigenvalue weighted by Crippen LogP contribution is 2.56. The minimum atomic E-state index is -2.54. The van der Waals surface area contributed by atoms with Gasteiger partial charge in [0.05, 0.1) is 23.9 Å². The number of rotatable bonds is 6. The normalized spacial score (nSPS) is 26.5. The molecule has 4 N–H and O–H groups in total. The summed E-state index contributed by atoms with van der Waals surface area (Å²) in [4.78, 5) is 29.5. The Balaban J connectivity index is 1.68. The largest absolute Gasteiger partial charge is 0.507 e. The van der Waals surface area contributed by atoms with Crippen molar-refractivity contribution in [3.8, 4) is 11.6 Å². The number of benzene rings is 1. The van der Waals surface area contributed by atoms with Gasteiger partial charge in [0.2, 0.25) is 11.6 Å². The Bertz CT molecular complexity index is 1330. The molecule has 11 heteroatoms. The lowest BCUT2D eigenvalue weighted by Crippen LogP contribution is -2.63. The van der Waals surface area contributed by atoms with Crippen molar-refractivity contribution in [2.24, 2.45) is 11.8 Å². The first-order valence-corrected chi connectivity index (χ1v) is 12.3. The first-order chi connectivity index (χ1) is 17.6. The molecular formula is C26H30FN3O7. The van der Waals surface area contributed by atoms with Crippen molar-refractivity contribution in [1.29, 1.82) is 0 Å². The van der Waals surface area contributed by atoms with E-state index in [1.807, 2.05) is 6.92 Å². The Morgan fingerprint density at radius 1 is 1.27 bits per heavy atom. The van der Waals surface area contributed by atoms with Crippen molar-refractivity contribution in [3.05, 3.63) is 39.9 Å². The average molecular weight is 516 g/mol. The van der Waals surface area contributed by atoms with E-state index in [-0.39, 0.29) is 59.0 Å². The number of fused-ring (bicyclic) bond motifs is 4. The summed E-state index contributed by atoms with van der Waals surface area (Å²) in [7, 11) is 4.94. The van der Waals surface area contributed by atoms with E-state index in [0.29, 0.717) is 6.42 Å². The zero-order chi connectivity index (χ0) is 26.8. The van der Waals surface area contributed by atoms with Gasteiger partial charge in [0.15, 0.2) is 11.4 Å². The summed E-state index contributed by atoms with van der Waals surface area (Å²) in [6, 6.07) is 0.411. The number of hydrogen-bond acceptors (Lipinski definition) is 10. The van der Waals surface area contributed by atoms with Gasteiger partial charge in [-0.05, 0) is 44.4 Å². The summed E-state index contributed by atoms with van der Waals surface area (Å²) in [5.41, 5.74) is -2.95. The highest BCUT2D eigenvalue weighted by atomic mass is 19.1. The molecule has 0 spiro atoms. The fraction of sp³-hybridized carbons (Fsp3) is 0.500. The van der Waals surface area contributed by atoms with Crippen LogP contribution in [0.2, 0.25) is 0 Å². The molecule has 0 unspecified atom stereocenters. The van der Waals surface area contributed by atoms with Crippen LogP contribution in [0, 0.1) is 17.7 Å². The maximum atomic E-state index is 15.0. The van der Waals surface area contributed by atoms with Crippen LogP contribution in [0.4, 0.5) is 10.1 Å². The summed E-state index contributed by atoms with van der Waals surface area (Å²) in [6.45, 7) is 2.25. The van der Waals surface area contributed by atoms with Crippen LogP contribution in [0.1, 0.15) is 59.5 Å². The predicted molar refractivity (Wildman–Crippen MR) is 130 cm³/mol. The number of nitrogens with one attached hydrogen (secondary N) is 1. The van der Waals surface area contributed by atoms with Gasteiger partial charge in [-0.3, -0.25) is 14.5 Å². The van der Waals surface area contributed by atoms with Crippen LogP contribution in [0.25, 0.3) is 5.76 Å². The SMILES string of the molecule is CCCCOc1noc2c1C(=O)[C@@]1(O)C(=O)C3=C(O)c4c(O)c(NC)cc(F)c4C[C@H]3C[C@H]1[C@@H]2N(C)C. The van der Waals surface area contributed by atoms with Gasteiger partial charge in [-0.15, -0.1) is 0 Å². The number of ketones is 2. The smallest absolute Gasteiger partial charge is 0.265 e. The summed E-state index contributed by atoms with van der Waals surface area (Å²) < 4.78 is 26.2. The summed E-state index contributed by atoms with van der Waals surface area (Å²) >= 11 is 0. The van der Waals surface area contributed by atoms with Crippen LogP contribution in [0.5, 0.6) is 11.6 Å². The Labute approximate surface area is 212 Å². The molecule has 1 fully saturated rings. The molecule has 0 bridgehead atoms. The van der Waals surface area contributed by atoms with E-state index >= 15 is 4.39 Å². The second-order valence-corrected chi connectivity index (χ2v) is 10.1. The number of carbonyl (C=O) groups excluding carboxylic acids is 2. The molecular weight excluding hydrogens is 485 g/mol. The van der Waals surface area contributed by atoms with Gasteiger partial charge < -0.3 is 29.9 Å². The Kier molecular flexibility index (Phi) is 6.03. The zero-order valence-electron chi connectivity index (χ0n) is 21.1. The van der Waals surface area contributed by atoms with Crippen molar-refractivity contribution >= 4 is 23.0 Å². The molecule has 1 aromatic heterocycles. The monoisotopic (exact) mass is 515 g/mol. The lowest BCUT2D eigenvalue weighted by Gasteiger charge is -2.49. The summed E-state index contributed by atoms with van der Waals surface area (Å²) in [5, 5.41) is 40.4. The maximum absolute atomic E-state index is 15.0. The Hall–Kier alpha value is -3.44. The third-order valence-corrected chi connectivity index (χ3v) is 7.84. The van der Waals surface area contributed by atoms with Crippen LogP contribution < -0.4 is 10.1 Å². The third-order valence-electron chi connectivity index (χ3n) is 7.84. The molecule has 198 valence electrons. The van der Waals surface area contributed by atoms with Crippen LogP contribution in [0.15, 0.2) is 16.2 Å². The minimum Gasteiger partial charge on any atom is -0.507 e. The number of phenolic OH excluding ortho intramolecular Hbond substituents is 1. The van der Waals surface area contributed by atoms with Crippen LogP contribution >= 0.6 is 0 Å². The van der Waals surface area contributed by atoms with E-state index in [1.54, 1.807) is 19.0 Å². The molecule has 37 heavy (non-hydrogen) atoms. The topological polar surface area (TPSA) is 145 Å². The van der Waals surface area contributed by atoms with Gasteiger partial charge in [-0.2, -0.15) is 0 Å². The Morgan fingerprint density at radius 2 is 2.00 bits per heavy atom. The first-order valence-electron chi connectivity index (χ1n) is 12.3. The molecule has 5 rings (SSSR count). The number of ether oxygens (including phenoxy) is 1. The van der Waals surface area contributed by atoms with Gasteiger partial charge in [0.25, 0.3) is 5.88 Å². The summed E-state index contributed by atoms with van der Waals surface area (Å²) in [5.74, 6) is -5.14. The number of halogens is 1. The van der Waals surface area contributed by atoms with Gasteiger partial charge in [0.1, 0.15) is 22.9 Å². The first kappa shape index (κ1) is 25.2. The fourth-order valence-electron chi connectivity index (χ4n) is 6.05. The van der Waals surface area contributed by atoms with Gasteiger partial charge in [0, 0.05) is 30.2 Å². The van der Waals surface area contributed by atoms with Crippen molar-refractivity contribution in [3.63, 3.8) is 0 Å². The van der Waals surface area contributed by atoms with E-state index in [4.69, 9.17) is 9.26 Å².